The third kappa shape index (κ3) is 4.24. The van der Waals surface area contributed by atoms with Crippen LogP contribution in [0.2, 0.25) is 0 Å². The Labute approximate surface area is 84.1 Å². The van der Waals surface area contributed by atoms with Crippen molar-refractivity contribution in [3.63, 3.8) is 0 Å². The molecule has 0 saturated heterocycles. The zero-order chi connectivity index (χ0) is 9.94. The highest BCUT2D eigenvalue weighted by Crippen LogP contribution is 2.23. The number of hydrogen-bond acceptors (Lipinski definition) is 1. The second kappa shape index (κ2) is 4.40. The lowest BCUT2D eigenvalue weighted by Crippen LogP contribution is -2.24. The predicted octanol–water partition coefficient (Wildman–Crippen LogP) is 3.41. The second-order valence-corrected chi connectivity index (χ2v) is 5.81. The van der Waals surface area contributed by atoms with Crippen LogP contribution in [0.5, 0.6) is 0 Å². The molecule has 0 rings (SSSR count). The summed E-state index contributed by atoms with van der Waals surface area (Å²) in [6.07, 6.45) is 0.640. The van der Waals surface area contributed by atoms with Gasteiger partial charge in [0.15, 0.2) is 0 Å². The van der Waals surface area contributed by atoms with Gasteiger partial charge in [-0.15, -0.1) is 0 Å². The number of carbonyl (C=O) groups excluding carboxylic acids is 1. The molecule has 0 aromatic carbocycles. The molecular weight excluding hydrogens is 216 g/mol. The average Bonchev–Trinajstić information content (AvgIpc) is 1.85. The first kappa shape index (κ1) is 12.2. The lowest BCUT2D eigenvalue weighted by Gasteiger charge is -2.20. The monoisotopic (exact) mass is 234 g/mol. The first-order valence-electron chi connectivity index (χ1n) is 4.42. The largest absolute Gasteiger partial charge is 0.299 e. The quantitative estimate of drug-likeness (QED) is 0.685. The van der Waals surface area contributed by atoms with E-state index >= 15 is 0 Å². The van der Waals surface area contributed by atoms with Gasteiger partial charge in [0.25, 0.3) is 0 Å². The highest BCUT2D eigenvalue weighted by atomic mass is 79.9. The van der Waals surface area contributed by atoms with E-state index in [-0.39, 0.29) is 5.41 Å². The van der Waals surface area contributed by atoms with Gasteiger partial charge in [-0.2, -0.15) is 0 Å². The van der Waals surface area contributed by atoms with Crippen LogP contribution < -0.4 is 0 Å². The van der Waals surface area contributed by atoms with E-state index in [2.05, 4.69) is 29.8 Å². The van der Waals surface area contributed by atoms with Gasteiger partial charge in [0, 0.05) is 16.7 Å². The topological polar surface area (TPSA) is 17.1 Å². The molecule has 0 fully saturated rings. The van der Waals surface area contributed by atoms with Gasteiger partial charge in [0.05, 0.1) is 0 Å². The normalized spacial score (nSPS) is 14.9. The molecule has 0 aliphatic rings. The molecule has 1 nitrogen and oxygen atoms in total. The number of Topliss-reactive ketones (excluding diaryl/α,β-unsaturated/α-hetero) is 1. The molecule has 1 atom stereocenters. The third-order valence-corrected chi connectivity index (χ3v) is 3.32. The number of carbonyl (C=O) groups is 1. The first-order chi connectivity index (χ1) is 5.25. The van der Waals surface area contributed by atoms with Crippen molar-refractivity contribution < 1.29 is 4.79 Å². The molecule has 0 spiro atoms. The second-order valence-electron chi connectivity index (χ2n) is 4.64. The van der Waals surface area contributed by atoms with Crippen LogP contribution in [0.1, 0.15) is 41.0 Å². The fourth-order valence-corrected chi connectivity index (χ4v) is 1.01. The molecule has 0 aromatic heterocycles. The predicted molar refractivity (Wildman–Crippen MR) is 56.6 cm³/mol. The van der Waals surface area contributed by atoms with Gasteiger partial charge in [-0.1, -0.05) is 50.5 Å². The molecule has 0 N–H and O–H groups in total. The van der Waals surface area contributed by atoms with Gasteiger partial charge in [-0.25, -0.2) is 0 Å². The molecule has 0 amide bonds. The van der Waals surface area contributed by atoms with E-state index in [1.807, 2.05) is 20.8 Å². The van der Waals surface area contributed by atoms with Crippen molar-refractivity contribution in [1.29, 1.82) is 0 Å². The van der Waals surface area contributed by atoms with Gasteiger partial charge in [-0.05, 0) is 5.92 Å². The molecule has 0 bridgehead atoms. The molecule has 2 heteroatoms. The van der Waals surface area contributed by atoms with Gasteiger partial charge in [0.1, 0.15) is 5.78 Å². The number of alkyl halides is 1. The summed E-state index contributed by atoms with van der Waals surface area (Å²) in [5.74, 6) is 0.856. The van der Waals surface area contributed by atoms with Crippen LogP contribution in [-0.2, 0) is 4.79 Å². The van der Waals surface area contributed by atoms with Crippen molar-refractivity contribution in [3.8, 4) is 0 Å². The highest BCUT2D eigenvalue weighted by Gasteiger charge is 2.24. The molecule has 0 aromatic rings. The summed E-state index contributed by atoms with van der Waals surface area (Å²) in [5.41, 5.74) is -0.194. The SMILES string of the molecule is CC(C)C(Br)CC(=O)C(C)(C)C. The highest BCUT2D eigenvalue weighted by molar-refractivity contribution is 9.09. The summed E-state index contributed by atoms with van der Waals surface area (Å²) in [6.45, 7) is 10.1. The zero-order valence-electron chi connectivity index (χ0n) is 8.65. The fraction of sp³-hybridized carbons (Fsp3) is 0.900. The first-order valence-corrected chi connectivity index (χ1v) is 5.34. The molecular formula is C10H19BrO. The molecule has 0 heterocycles. The van der Waals surface area contributed by atoms with Gasteiger partial charge in [0.2, 0.25) is 0 Å². The average molecular weight is 235 g/mol. The maximum Gasteiger partial charge on any atom is 0.139 e. The van der Waals surface area contributed by atoms with Gasteiger partial charge in [-0.3, -0.25) is 4.79 Å². The summed E-state index contributed by atoms with van der Waals surface area (Å²) < 4.78 is 0. The minimum absolute atomic E-state index is 0.194. The third-order valence-electron chi connectivity index (χ3n) is 1.94. The maximum absolute atomic E-state index is 11.5. The Balaban J connectivity index is 4.02. The molecule has 0 radical (unpaired) electrons. The summed E-state index contributed by atoms with van der Waals surface area (Å²) in [7, 11) is 0. The Morgan fingerprint density at radius 3 is 2.00 bits per heavy atom. The van der Waals surface area contributed by atoms with Crippen molar-refractivity contribution in [2.45, 2.75) is 45.9 Å². The van der Waals surface area contributed by atoms with Crippen LogP contribution in [0, 0.1) is 11.3 Å². The maximum atomic E-state index is 11.5. The Morgan fingerprint density at radius 1 is 1.33 bits per heavy atom. The van der Waals surface area contributed by atoms with Crippen LogP contribution in [0.25, 0.3) is 0 Å². The van der Waals surface area contributed by atoms with Crippen molar-refractivity contribution in [2.24, 2.45) is 11.3 Å². The Bertz CT molecular complexity index is 156. The molecule has 0 aliphatic carbocycles. The van der Waals surface area contributed by atoms with Crippen molar-refractivity contribution in [2.75, 3.05) is 0 Å². The van der Waals surface area contributed by atoms with E-state index in [4.69, 9.17) is 0 Å². The Kier molecular flexibility index (Phi) is 4.46. The summed E-state index contributed by atoms with van der Waals surface area (Å²) in [4.78, 5) is 11.9. The van der Waals surface area contributed by atoms with E-state index in [1.165, 1.54) is 0 Å². The van der Waals surface area contributed by atoms with Crippen molar-refractivity contribution in [1.82, 2.24) is 0 Å². The fourth-order valence-electron chi connectivity index (χ4n) is 0.719. The minimum atomic E-state index is -0.194. The number of rotatable bonds is 3. The molecule has 72 valence electrons. The number of hydrogen-bond donors (Lipinski definition) is 0. The zero-order valence-corrected chi connectivity index (χ0v) is 10.2. The van der Waals surface area contributed by atoms with E-state index < -0.39 is 0 Å². The smallest absolute Gasteiger partial charge is 0.139 e. The molecule has 1 unspecified atom stereocenters. The van der Waals surface area contributed by atoms with Gasteiger partial charge >= 0.3 is 0 Å². The van der Waals surface area contributed by atoms with Crippen LogP contribution in [0.4, 0.5) is 0 Å². The lowest BCUT2D eigenvalue weighted by atomic mass is 9.87. The van der Waals surface area contributed by atoms with E-state index in [9.17, 15) is 4.79 Å². The molecule has 12 heavy (non-hydrogen) atoms. The van der Waals surface area contributed by atoms with E-state index in [0.717, 1.165) is 0 Å². The van der Waals surface area contributed by atoms with Crippen LogP contribution >= 0.6 is 15.9 Å². The molecule has 0 saturated carbocycles. The Hall–Kier alpha value is 0.150. The van der Waals surface area contributed by atoms with Crippen LogP contribution in [0.3, 0.4) is 0 Å². The number of ketones is 1. The summed E-state index contributed by atoms with van der Waals surface area (Å²) in [6, 6.07) is 0. The standard InChI is InChI=1S/C10H19BrO/c1-7(2)8(11)6-9(12)10(3,4)5/h7-8H,6H2,1-5H3. The summed E-state index contributed by atoms with van der Waals surface area (Å²) in [5, 5.41) is 0. The van der Waals surface area contributed by atoms with Gasteiger partial charge < -0.3 is 0 Å². The van der Waals surface area contributed by atoms with Crippen LogP contribution in [0.15, 0.2) is 0 Å². The minimum Gasteiger partial charge on any atom is -0.299 e. The van der Waals surface area contributed by atoms with Crippen molar-refractivity contribution >= 4 is 21.7 Å². The summed E-state index contributed by atoms with van der Waals surface area (Å²) >= 11 is 3.51. The van der Waals surface area contributed by atoms with E-state index in [1.54, 1.807) is 0 Å². The Morgan fingerprint density at radius 2 is 1.75 bits per heavy atom. The molecule has 0 aliphatic heterocycles. The van der Waals surface area contributed by atoms with E-state index in [0.29, 0.717) is 22.9 Å². The number of halogens is 1. The van der Waals surface area contributed by atoms with Crippen LogP contribution in [-0.4, -0.2) is 10.6 Å². The van der Waals surface area contributed by atoms with Crippen molar-refractivity contribution in [3.05, 3.63) is 0 Å². The lowest BCUT2D eigenvalue weighted by molar-refractivity contribution is -0.126.